The first-order chi connectivity index (χ1) is 14.3. The molecule has 1 aromatic heterocycles. The lowest BCUT2D eigenvalue weighted by molar-refractivity contribution is 0.443. The first-order valence-corrected chi connectivity index (χ1v) is 10.8. The van der Waals surface area contributed by atoms with Crippen LogP contribution in [0.5, 0.6) is 11.5 Å². The Morgan fingerprint density at radius 3 is 2.60 bits per heavy atom. The summed E-state index contributed by atoms with van der Waals surface area (Å²) < 4.78 is 47.8. The minimum atomic E-state index is -4.02. The van der Waals surface area contributed by atoms with E-state index in [9.17, 15) is 12.8 Å². The molecule has 0 unspecified atom stereocenters. The number of guanidine groups is 1. The van der Waals surface area contributed by atoms with E-state index in [-0.39, 0.29) is 39.6 Å². The van der Waals surface area contributed by atoms with Gasteiger partial charge in [0.2, 0.25) is 5.96 Å². The highest BCUT2D eigenvalue weighted by Crippen LogP contribution is 2.40. The van der Waals surface area contributed by atoms with E-state index in [1.54, 1.807) is 36.5 Å². The maximum atomic E-state index is 14.6. The van der Waals surface area contributed by atoms with Crippen LogP contribution in [0.4, 0.5) is 10.1 Å². The van der Waals surface area contributed by atoms with Gasteiger partial charge >= 0.3 is 0 Å². The van der Waals surface area contributed by atoms with E-state index in [4.69, 9.17) is 27.9 Å². The fourth-order valence-corrected chi connectivity index (χ4v) is 4.20. The van der Waals surface area contributed by atoms with Gasteiger partial charge in [-0.2, -0.15) is 0 Å². The highest BCUT2D eigenvalue weighted by atomic mass is 35.5. The number of halogens is 3. The third kappa shape index (κ3) is 4.04. The van der Waals surface area contributed by atoms with Gasteiger partial charge in [0, 0.05) is 6.20 Å². The lowest BCUT2D eigenvalue weighted by Gasteiger charge is -2.24. The summed E-state index contributed by atoms with van der Waals surface area (Å²) in [4.78, 5) is 8.07. The molecule has 11 heteroatoms. The van der Waals surface area contributed by atoms with Crippen molar-refractivity contribution in [1.82, 2.24) is 9.71 Å². The lowest BCUT2D eigenvalue weighted by Crippen LogP contribution is -2.41. The van der Waals surface area contributed by atoms with Crippen LogP contribution in [0.1, 0.15) is 5.69 Å². The SMILES string of the molecule is O=S1(=O)NC(=NCc2ncccc2Cl)Nc2c1ccc(F)c2Oc1ccccc1Cl. The molecule has 7 nitrogen and oxygen atoms in total. The zero-order valence-electron chi connectivity index (χ0n) is 15.1. The van der Waals surface area contributed by atoms with E-state index in [1.807, 2.05) is 0 Å². The van der Waals surface area contributed by atoms with Crippen LogP contribution in [0.3, 0.4) is 0 Å². The van der Waals surface area contributed by atoms with E-state index < -0.39 is 15.8 Å². The summed E-state index contributed by atoms with van der Waals surface area (Å²) in [5.41, 5.74) is 0.352. The van der Waals surface area contributed by atoms with Crippen LogP contribution in [0, 0.1) is 5.82 Å². The molecule has 0 spiro atoms. The molecule has 0 fully saturated rings. The number of aliphatic imine (C=N–C) groups is 1. The number of nitrogens with zero attached hydrogens (tertiary/aromatic N) is 2. The molecule has 0 amide bonds. The number of hydrogen-bond acceptors (Lipinski definition) is 5. The molecule has 0 bridgehead atoms. The third-order valence-electron chi connectivity index (χ3n) is 4.11. The molecule has 0 atom stereocenters. The number of sulfonamides is 1. The van der Waals surface area contributed by atoms with Crippen molar-refractivity contribution in [3.63, 3.8) is 0 Å². The number of hydrogen-bond donors (Lipinski definition) is 2. The van der Waals surface area contributed by atoms with E-state index in [0.29, 0.717) is 10.7 Å². The van der Waals surface area contributed by atoms with Gasteiger partial charge in [0.25, 0.3) is 10.0 Å². The maximum absolute atomic E-state index is 14.6. The predicted molar refractivity (Wildman–Crippen MR) is 112 cm³/mol. The fraction of sp³-hybridized carbons (Fsp3) is 0.0526. The van der Waals surface area contributed by atoms with Gasteiger partial charge in [-0.3, -0.25) is 4.98 Å². The highest BCUT2D eigenvalue weighted by molar-refractivity contribution is 7.90. The molecule has 4 rings (SSSR count). The van der Waals surface area contributed by atoms with Crippen LogP contribution in [-0.2, 0) is 16.6 Å². The number of benzene rings is 2. The second kappa shape index (κ2) is 8.10. The second-order valence-corrected chi connectivity index (χ2v) is 8.57. The molecule has 2 heterocycles. The first-order valence-electron chi connectivity index (χ1n) is 8.54. The van der Waals surface area contributed by atoms with Crippen LogP contribution in [0.25, 0.3) is 0 Å². The van der Waals surface area contributed by atoms with E-state index in [0.717, 1.165) is 12.1 Å². The van der Waals surface area contributed by atoms with Gasteiger partial charge in [0.05, 0.1) is 22.3 Å². The number of nitrogens with one attached hydrogen (secondary N) is 2. The van der Waals surface area contributed by atoms with Gasteiger partial charge in [-0.05, 0) is 36.4 Å². The third-order valence-corrected chi connectivity index (χ3v) is 6.14. The standard InChI is InChI=1S/C19H13Cl2FN4O3S/c20-11-5-3-9-23-14(11)10-24-19-25-17-16(30(27,28)26-19)8-7-13(22)18(17)29-15-6-2-1-4-12(15)21/h1-9H,10H2,(H2,24,25,26). The molecule has 1 aliphatic rings. The molecule has 2 N–H and O–H groups in total. The van der Waals surface area contributed by atoms with Gasteiger partial charge in [-0.25, -0.2) is 22.5 Å². The summed E-state index contributed by atoms with van der Waals surface area (Å²) in [7, 11) is -4.02. The molecular formula is C19H13Cl2FN4O3S. The molecule has 3 aromatic rings. The smallest absolute Gasteiger partial charge is 0.266 e. The van der Waals surface area contributed by atoms with E-state index >= 15 is 0 Å². The Morgan fingerprint density at radius 1 is 1.07 bits per heavy atom. The zero-order valence-corrected chi connectivity index (χ0v) is 17.4. The van der Waals surface area contributed by atoms with Crippen molar-refractivity contribution in [3.8, 4) is 11.5 Å². The van der Waals surface area contributed by atoms with Crippen molar-refractivity contribution in [3.05, 3.63) is 76.3 Å². The summed E-state index contributed by atoms with van der Waals surface area (Å²) in [6, 6.07) is 11.9. The molecule has 0 saturated carbocycles. The van der Waals surface area contributed by atoms with Crippen molar-refractivity contribution in [2.75, 3.05) is 5.32 Å². The van der Waals surface area contributed by atoms with Crippen LogP contribution in [-0.4, -0.2) is 19.4 Å². The summed E-state index contributed by atoms with van der Waals surface area (Å²) in [5.74, 6) is -1.05. The van der Waals surface area contributed by atoms with Gasteiger partial charge < -0.3 is 10.1 Å². The monoisotopic (exact) mass is 466 g/mol. The number of fused-ring (bicyclic) bond motifs is 1. The molecule has 0 aliphatic carbocycles. The molecule has 0 saturated heterocycles. The molecule has 30 heavy (non-hydrogen) atoms. The number of pyridine rings is 1. The highest BCUT2D eigenvalue weighted by Gasteiger charge is 2.31. The Bertz CT molecular complexity index is 1270. The fourth-order valence-electron chi connectivity index (χ4n) is 2.71. The lowest BCUT2D eigenvalue weighted by atomic mass is 10.2. The molecule has 2 aromatic carbocycles. The normalized spacial score (nSPS) is 15.8. The van der Waals surface area contributed by atoms with Crippen LogP contribution in [0.15, 0.2) is 64.6 Å². The summed E-state index contributed by atoms with van der Waals surface area (Å²) in [5, 5.41) is 3.40. The Hall–Kier alpha value is -2.88. The second-order valence-electron chi connectivity index (χ2n) is 6.11. The minimum absolute atomic E-state index is 0.00409. The Labute approximate surface area is 181 Å². The average molecular weight is 467 g/mol. The zero-order chi connectivity index (χ0) is 21.3. The first kappa shape index (κ1) is 20.4. The number of anilines is 1. The maximum Gasteiger partial charge on any atom is 0.266 e. The van der Waals surface area contributed by atoms with Crippen molar-refractivity contribution in [2.45, 2.75) is 11.4 Å². The number of ether oxygens (including phenoxy) is 1. The van der Waals surface area contributed by atoms with Crippen LogP contribution < -0.4 is 14.8 Å². The predicted octanol–water partition coefficient (Wildman–Crippen LogP) is 4.58. The van der Waals surface area contributed by atoms with Crippen molar-refractivity contribution < 1.29 is 17.5 Å². The molecular weight excluding hydrogens is 454 g/mol. The van der Waals surface area contributed by atoms with Crippen LogP contribution >= 0.6 is 23.2 Å². The summed E-state index contributed by atoms with van der Waals surface area (Å²) in [6.07, 6.45) is 1.54. The summed E-state index contributed by atoms with van der Waals surface area (Å²) >= 11 is 12.1. The van der Waals surface area contributed by atoms with Gasteiger partial charge in [0.15, 0.2) is 11.6 Å². The van der Waals surface area contributed by atoms with Crippen LogP contribution in [0.2, 0.25) is 10.0 Å². The quantitative estimate of drug-likeness (QED) is 0.586. The topological polar surface area (TPSA) is 92.7 Å². The van der Waals surface area contributed by atoms with Crippen molar-refractivity contribution in [2.24, 2.45) is 4.99 Å². The molecule has 154 valence electrons. The Morgan fingerprint density at radius 2 is 1.83 bits per heavy atom. The Balaban J connectivity index is 1.74. The average Bonchev–Trinajstić information content (AvgIpc) is 2.70. The largest absolute Gasteiger partial charge is 0.450 e. The number of rotatable bonds is 4. The van der Waals surface area contributed by atoms with Gasteiger partial charge in [0.1, 0.15) is 16.3 Å². The number of aromatic nitrogens is 1. The summed E-state index contributed by atoms with van der Waals surface area (Å²) in [6.45, 7) is -0.00409. The van der Waals surface area contributed by atoms with Crippen molar-refractivity contribution >= 4 is 44.9 Å². The molecule has 0 radical (unpaired) electrons. The molecule has 1 aliphatic heterocycles. The van der Waals surface area contributed by atoms with E-state index in [1.165, 1.54) is 6.07 Å². The van der Waals surface area contributed by atoms with Crippen molar-refractivity contribution in [1.29, 1.82) is 0 Å². The minimum Gasteiger partial charge on any atom is -0.450 e. The Kier molecular flexibility index (Phi) is 5.50. The van der Waals surface area contributed by atoms with E-state index in [2.05, 4.69) is 20.0 Å². The van der Waals surface area contributed by atoms with Gasteiger partial charge in [-0.1, -0.05) is 35.3 Å². The number of para-hydroxylation sites is 1. The van der Waals surface area contributed by atoms with Gasteiger partial charge in [-0.15, -0.1) is 0 Å².